The van der Waals surface area contributed by atoms with Crippen molar-refractivity contribution in [3.05, 3.63) is 29.6 Å². The van der Waals surface area contributed by atoms with Gasteiger partial charge in [0.25, 0.3) is 0 Å². The van der Waals surface area contributed by atoms with E-state index in [0.29, 0.717) is 6.42 Å². The van der Waals surface area contributed by atoms with Crippen LogP contribution in [0.15, 0.2) is 23.1 Å². The molecule has 1 aromatic rings. The maximum Gasteiger partial charge on any atom is 0.303 e. The van der Waals surface area contributed by atoms with Crippen molar-refractivity contribution in [1.82, 2.24) is 0 Å². The van der Waals surface area contributed by atoms with Crippen LogP contribution < -0.4 is 0 Å². The zero-order chi connectivity index (χ0) is 11.3. The number of carbonyl (C=O) groups is 1. The van der Waals surface area contributed by atoms with Gasteiger partial charge in [-0.3, -0.25) is 4.79 Å². The molecular weight excluding hydrogens is 215 g/mol. The number of thioether (sulfide) groups is 1. The predicted octanol–water partition coefficient (Wildman–Crippen LogP) is 3.09. The fourth-order valence-corrected chi connectivity index (χ4v) is 2.14. The molecule has 0 atom stereocenters. The molecule has 0 aliphatic carbocycles. The van der Waals surface area contributed by atoms with Crippen molar-refractivity contribution in [2.45, 2.75) is 24.7 Å². The Kier molecular flexibility index (Phi) is 4.62. The third-order valence-electron chi connectivity index (χ3n) is 1.93. The van der Waals surface area contributed by atoms with E-state index in [1.54, 1.807) is 17.8 Å². The van der Waals surface area contributed by atoms with E-state index in [9.17, 15) is 9.18 Å². The summed E-state index contributed by atoms with van der Waals surface area (Å²) in [4.78, 5) is 11.3. The first-order chi connectivity index (χ1) is 7.09. The number of halogens is 1. The SMILES string of the molecule is Cc1cc(F)ccc1SCCCC(=O)O. The number of carboxylic acid groups (broad SMARTS) is 1. The van der Waals surface area contributed by atoms with E-state index in [-0.39, 0.29) is 12.2 Å². The van der Waals surface area contributed by atoms with Crippen LogP contribution in [0.4, 0.5) is 4.39 Å². The molecular formula is C11H13FO2S. The Labute approximate surface area is 92.5 Å². The quantitative estimate of drug-likeness (QED) is 0.621. The molecule has 0 saturated carbocycles. The summed E-state index contributed by atoms with van der Waals surface area (Å²) in [6.45, 7) is 1.85. The molecule has 15 heavy (non-hydrogen) atoms. The van der Waals surface area contributed by atoms with Gasteiger partial charge in [-0.1, -0.05) is 0 Å². The first-order valence-electron chi connectivity index (χ1n) is 4.70. The topological polar surface area (TPSA) is 37.3 Å². The Hall–Kier alpha value is -1.03. The van der Waals surface area contributed by atoms with Crippen molar-refractivity contribution in [2.75, 3.05) is 5.75 Å². The lowest BCUT2D eigenvalue weighted by molar-refractivity contribution is -0.137. The Morgan fingerprint density at radius 2 is 2.27 bits per heavy atom. The molecule has 0 aromatic heterocycles. The van der Waals surface area contributed by atoms with E-state index < -0.39 is 5.97 Å². The van der Waals surface area contributed by atoms with Gasteiger partial charge in [0, 0.05) is 11.3 Å². The summed E-state index contributed by atoms with van der Waals surface area (Å²) in [6, 6.07) is 4.64. The second-order valence-corrected chi connectivity index (χ2v) is 4.39. The normalized spacial score (nSPS) is 10.3. The highest BCUT2D eigenvalue weighted by Gasteiger charge is 2.02. The number of hydrogen-bond acceptors (Lipinski definition) is 2. The summed E-state index contributed by atoms with van der Waals surface area (Å²) in [5, 5.41) is 8.44. The number of aliphatic carboxylic acids is 1. The minimum atomic E-state index is -0.772. The summed E-state index contributed by atoms with van der Waals surface area (Å²) in [7, 11) is 0. The highest BCUT2D eigenvalue weighted by Crippen LogP contribution is 2.23. The first kappa shape index (κ1) is 12.0. The Morgan fingerprint density at radius 1 is 1.53 bits per heavy atom. The van der Waals surface area contributed by atoms with Crippen LogP contribution in [0.5, 0.6) is 0 Å². The number of aryl methyl sites for hydroxylation is 1. The van der Waals surface area contributed by atoms with Crippen molar-refractivity contribution in [2.24, 2.45) is 0 Å². The lowest BCUT2D eigenvalue weighted by Crippen LogP contribution is -1.95. The molecule has 4 heteroatoms. The van der Waals surface area contributed by atoms with Crippen molar-refractivity contribution < 1.29 is 14.3 Å². The molecule has 2 nitrogen and oxygen atoms in total. The van der Waals surface area contributed by atoms with Gasteiger partial charge >= 0.3 is 5.97 Å². The van der Waals surface area contributed by atoms with Gasteiger partial charge in [-0.05, 0) is 42.9 Å². The van der Waals surface area contributed by atoms with E-state index in [0.717, 1.165) is 16.2 Å². The van der Waals surface area contributed by atoms with E-state index in [1.165, 1.54) is 12.1 Å². The Morgan fingerprint density at radius 3 is 2.87 bits per heavy atom. The second kappa shape index (κ2) is 5.75. The largest absolute Gasteiger partial charge is 0.481 e. The second-order valence-electron chi connectivity index (χ2n) is 3.26. The van der Waals surface area contributed by atoms with Crippen LogP contribution in [0, 0.1) is 12.7 Å². The fourth-order valence-electron chi connectivity index (χ4n) is 1.18. The molecule has 0 saturated heterocycles. The molecule has 0 spiro atoms. The number of benzene rings is 1. The molecule has 1 aromatic carbocycles. The van der Waals surface area contributed by atoms with Gasteiger partial charge in [0.2, 0.25) is 0 Å². The van der Waals surface area contributed by atoms with Crippen LogP contribution >= 0.6 is 11.8 Å². The third-order valence-corrected chi connectivity index (χ3v) is 3.19. The van der Waals surface area contributed by atoms with Crippen LogP contribution in [-0.2, 0) is 4.79 Å². The number of hydrogen-bond donors (Lipinski definition) is 1. The average Bonchev–Trinajstić information content (AvgIpc) is 2.14. The van der Waals surface area contributed by atoms with E-state index in [4.69, 9.17) is 5.11 Å². The van der Waals surface area contributed by atoms with Gasteiger partial charge in [-0.25, -0.2) is 4.39 Å². The highest BCUT2D eigenvalue weighted by atomic mass is 32.2. The third kappa shape index (κ3) is 4.34. The molecule has 0 aliphatic rings. The van der Waals surface area contributed by atoms with Crippen molar-refractivity contribution >= 4 is 17.7 Å². The fraction of sp³-hybridized carbons (Fsp3) is 0.364. The summed E-state index contributed by atoms with van der Waals surface area (Å²) in [5.41, 5.74) is 0.898. The smallest absolute Gasteiger partial charge is 0.303 e. The van der Waals surface area contributed by atoms with Crippen molar-refractivity contribution in [3.63, 3.8) is 0 Å². The van der Waals surface area contributed by atoms with Gasteiger partial charge in [0.15, 0.2) is 0 Å². The van der Waals surface area contributed by atoms with Gasteiger partial charge < -0.3 is 5.11 Å². The minimum absolute atomic E-state index is 0.188. The molecule has 0 aliphatic heterocycles. The van der Waals surface area contributed by atoms with Crippen LogP contribution in [0.2, 0.25) is 0 Å². The molecule has 1 rings (SSSR count). The zero-order valence-electron chi connectivity index (χ0n) is 8.50. The molecule has 0 bridgehead atoms. The Bertz CT molecular complexity index is 352. The van der Waals surface area contributed by atoms with Crippen LogP contribution in [0.1, 0.15) is 18.4 Å². The van der Waals surface area contributed by atoms with Crippen molar-refractivity contribution in [1.29, 1.82) is 0 Å². The average molecular weight is 228 g/mol. The van der Waals surface area contributed by atoms with Gasteiger partial charge in [-0.15, -0.1) is 11.8 Å². The zero-order valence-corrected chi connectivity index (χ0v) is 9.31. The molecule has 0 radical (unpaired) electrons. The van der Waals surface area contributed by atoms with Crippen LogP contribution in [0.3, 0.4) is 0 Å². The lowest BCUT2D eigenvalue weighted by Gasteiger charge is -2.04. The standard InChI is InChI=1S/C11H13FO2S/c1-8-7-9(12)4-5-10(8)15-6-2-3-11(13)14/h4-5,7H,2-3,6H2,1H3,(H,13,14). The van der Waals surface area contributed by atoms with Crippen molar-refractivity contribution in [3.8, 4) is 0 Å². The maximum atomic E-state index is 12.8. The van der Waals surface area contributed by atoms with Gasteiger partial charge in [0.1, 0.15) is 5.82 Å². The Balaban J connectivity index is 2.40. The predicted molar refractivity (Wildman–Crippen MR) is 58.7 cm³/mol. The highest BCUT2D eigenvalue weighted by molar-refractivity contribution is 7.99. The summed E-state index contributed by atoms with van der Waals surface area (Å²) >= 11 is 1.57. The molecule has 0 unspecified atom stereocenters. The molecule has 0 amide bonds. The van der Waals surface area contributed by atoms with Gasteiger partial charge in [0.05, 0.1) is 0 Å². The first-order valence-corrected chi connectivity index (χ1v) is 5.69. The summed E-state index contributed by atoms with van der Waals surface area (Å²) in [5.74, 6) is -0.257. The molecule has 0 heterocycles. The van der Waals surface area contributed by atoms with Crippen LogP contribution in [0.25, 0.3) is 0 Å². The maximum absolute atomic E-state index is 12.8. The van der Waals surface area contributed by atoms with E-state index >= 15 is 0 Å². The molecule has 1 N–H and O–H groups in total. The summed E-state index contributed by atoms with van der Waals surface area (Å²) in [6.07, 6.45) is 0.823. The van der Waals surface area contributed by atoms with Crippen LogP contribution in [-0.4, -0.2) is 16.8 Å². The lowest BCUT2D eigenvalue weighted by atomic mass is 10.2. The number of carboxylic acids is 1. The monoisotopic (exact) mass is 228 g/mol. The van der Waals surface area contributed by atoms with Gasteiger partial charge in [-0.2, -0.15) is 0 Å². The molecule has 82 valence electrons. The number of rotatable bonds is 5. The molecule has 0 fully saturated rings. The minimum Gasteiger partial charge on any atom is -0.481 e. The summed E-state index contributed by atoms with van der Waals surface area (Å²) < 4.78 is 12.8. The van der Waals surface area contributed by atoms with E-state index in [1.807, 2.05) is 6.92 Å². The van der Waals surface area contributed by atoms with E-state index in [2.05, 4.69) is 0 Å².